The molecule has 0 aromatic heterocycles. The van der Waals surface area contributed by atoms with E-state index in [0.717, 1.165) is 6.42 Å². The Bertz CT molecular complexity index is 957. The summed E-state index contributed by atoms with van der Waals surface area (Å²) in [6, 6.07) is 11.6. The largest absolute Gasteiger partial charge is 0.493 e. The predicted molar refractivity (Wildman–Crippen MR) is 115 cm³/mol. The van der Waals surface area contributed by atoms with Gasteiger partial charge >= 0.3 is 5.97 Å². The van der Waals surface area contributed by atoms with Crippen LogP contribution in [0.1, 0.15) is 40.5 Å². The van der Waals surface area contributed by atoms with Crippen molar-refractivity contribution in [3.63, 3.8) is 0 Å². The second-order valence-corrected chi connectivity index (χ2v) is 6.94. The summed E-state index contributed by atoms with van der Waals surface area (Å²) >= 11 is 0. The highest BCUT2D eigenvalue weighted by Crippen LogP contribution is 2.33. The summed E-state index contributed by atoms with van der Waals surface area (Å²) in [6.07, 6.45) is 1.22. The number of nitrogens with zero attached hydrogens (tertiary/aromatic N) is 2. The monoisotopic (exact) mass is 426 g/mol. The molecule has 0 aliphatic carbocycles. The topological polar surface area (TPSA) is 85.4 Å². The first kappa shape index (κ1) is 22.1. The number of anilines is 1. The lowest BCUT2D eigenvalue weighted by Crippen LogP contribution is -2.42. The van der Waals surface area contributed by atoms with E-state index in [4.69, 9.17) is 14.2 Å². The van der Waals surface area contributed by atoms with Crippen molar-refractivity contribution in [1.29, 1.82) is 0 Å². The van der Waals surface area contributed by atoms with Gasteiger partial charge in [0.25, 0.3) is 5.91 Å². The van der Waals surface area contributed by atoms with Gasteiger partial charge in [-0.1, -0.05) is 6.07 Å². The van der Waals surface area contributed by atoms with Crippen LogP contribution in [0.15, 0.2) is 42.5 Å². The van der Waals surface area contributed by atoms with Crippen LogP contribution in [0, 0.1) is 0 Å². The lowest BCUT2D eigenvalue weighted by Gasteiger charge is -2.29. The number of para-hydroxylation sites is 1. The van der Waals surface area contributed by atoms with Crippen LogP contribution in [0.5, 0.6) is 11.5 Å². The van der Waals surface area contributed by atoms with Crippen LogP contribution in [0.4, 0.5) is 5.69 Å². The molecule has 1 heterocycles. The van der Waals surface area contributed by atoms with Crippen molar-refractivity contribution in [1.82, 2.24) is 4.90 Å². The van der Waals surface area contributed by atoms with Crippen molar-refractivity contribution in [3.05, 3.63) is 53.6 Å². The highest BCUT2D eigenvalue weighted by atomic mass is 16.5. The number of ether oxygens (including phenoxy) is 3. The number of methoxy groups -OCH3 is 2. The molecule has 1 fully saturated rings. The minimum atomic E-state index is -0.434. The number of likely N-dealkylation sites (tertiary alicyclic amines) is 1. The van der Waals surface area contributed by atoms with E-state index in [0.29, 0.717) is 41.3 Å². The third-order valence-electron chi connectivity index (χ3n) is 5.05. The summed E-state index contributed by atoms with van der Waals surface area (Å²) in [6.45, 7) is 2.69. The first-order valence-corrected chi connectivity index (χ1v) is 10.1. The lowest BCUT2D eigenvalue weighted by molar-refractivity contribution is -0.127. The third kappa shape index (κ3) is 4.79. The molecule has 164 valence electrons. The maximum Gasteiger partial charge on any atom is 0.338 e. The summed E-state index contributed by atoms with van der Waals surface area (Å²) in [5.74, 6) is -0.0342. The Kier molecular flexibility index (Phi) is 7.12. The molecular formula is C23H26N2O6. The molecule has 2 aromatic carbocycles. The van der Waals surface area contributed by atoms with Crippen molar-refractivity contribution < 1.29 is 28.6 Å². The predicted octanol–water partition coefficient (Wildman–Crippen LogP) is 3.11. The maximum atomic E-state index is 13.6. The molecule has 0 atom stereocenters. The number of esters is 1. The molecule has 31 heavy (non-hydrogen) atoms. The van der Waals surface area contributed by atoms with Gasteiger partial charge in [-0.15, -0.1) is 0 Å². The molecule has 3 rings (SSSR count). The fourth-order valence-corrected chi connectivity index (χ4v) is 3.48. The van der Waals surface area contributed by atoms with Crippen LogP contribution in [0.3, 0.4) is 0 Å². The molecule has 2 amide bonds. The van der Waals surface area contributed by atoms with E-state index in [1.54, 1.807) is 54.3 Å². The number of rotatable bonds is 8. The minimum Gasteiger partial charge on any atom is -0.493 e. The van der Waals surface area contributed by atoms with Gasteiger partial charge in [-0.2, -0.15) is 0 Å². The molecule has 0 N–H and O–H groups in total. The number of benzene rings is 2. The fraction of sp³-hybridized carbons (Fsp3) is 0.348. The van der Waals surface area contributed by atoms with Crippen molar-refractivity contribution in [2.45, 2.75) is 19.8 Å². The SMILES string of the molecule is CCOC(=O)c1ccc(N(CN2CCCC2=O)C(=O)c2cccc(OC)c2OC)cc1. The van der Waals surface area contributed by atoms with Crippen molar-refractivity contribution in [2.24, 2.45) is 0 Å². The number of hydrogen-bond donors (Lipinski definition) is 0. The average Bonchev–Trinajstić information content (AvgIpc) is 3.21. The second-order valence-electron chi connectivity index (χ2n) is 6.94. The maximum absolute atomic E-state index is 13.6. The van der Waals surface area contributed by atoms with Crippen LogP contribution < -0.4 is 14.4 Å². The van der Waals surface area contributed by atoms with E-state index in [-0.39, 0.29) is 25.1 Å². The van der Waals surface area contributed by atoms with E-state index in [1.807, 2.05) is 0 Å². The molecule has 0 spiro atoms. The third-order valence-corrected chi connectivity index (χ3v) is 5.05. The van der Waals surface area contributed by atoms with E-state index >= 15 is 0 Å². The molecular weight excluding hydrogens is 400 g/mol. The van der Waals surface area contributed by atoms with Gasteiger partial charge in [0.15, 0.2) is 11.5 Å². The molecule has 8 heteroatoms. The molecule has 0 bridgehead atoms. The molecule has 2 aromatic rings. The quantitative estimate of drug-likeness (QED) is 0.603. The van der Waals surface area contributed by atoms with Gasteiger partial charge in [-0.05, 0) is 49.7 Å². The van der Waals surface area contributed by atoms with Gasteiger partial charge in [-0.25, -0.2) is 4.79 Å². The van der Waals surface area contributed by atoms with Crippen LogP contribution in [0.25, 0.3) is 0 Å². The zero-order valence-corrected chi connectivity index (χ0v) is 17.9. The molecule has 0 unspecified atom stereocenters. The molecule has 1 saturated heterocycles. The van der Waals surface area contributed by atoms with E-state index in [2.05, 4.69) is 0 Å². The lowest BCUT2D eigenvalue weighted by atomic mass is 10.1. The first-order chi connectivity index (χ1) is 15.0. The van der Waals surface area contributed by atoms with Crippen LogP contribution in [-0.4, -0.2) is 56.7 Å². The zero-order chi connectivity index (χ0) is 22.4. The summed E-state index contributed by atoms with van der Waals surface area (Å²) in [5.41, 5.74) is 1.24. The van der Waals surface area contributed by atoms with Crippen molar-refractivity contribution in [3.8, 4) is 11.5 Å². The van der Waals surface area contributed by atoms with Crippen LogP contribution in [-0.2, 0) is 9.53 Å². The highest BCUT2D eigenvalue weighted by molar-refractivity contribution is 6.08. The molecule has 0 saturated carbocycles. The van der Waals surface area contributed by atoms with Gasteiger partial charge in [0.05, 0.1) is 32.0 Å². The Morgan fingerprint density at radius 3 is 2.39 bits per heavy atom. The molecule has 1 aliphatic rings. The normalized spacial score (nSPS) is 13.1. The Morgan fingerprint density at radius 1 is 1.06 bits per heavy atom. The van der Waals surface area contributed by atoms with Gasteiger partial charge in [0.2, 0.25) is 5.91 Å². The molecule has 1 aliphatic heterocycles. The Labute approximate surface area is 181 Å². The number of hydrogen-bond acceptors (Lipinski definition) is 6. The van der Waals surface area contributed by atoms with Crippen molar-refractivity contribution in [2.75, 3.05) is 38.9 Å². The van der Waals surface area contributed by atoms with Crippen LogP contribution in [0.2, 0.25) is 0 Å². The van der Waals surface area contributed by atoms with Crippen molar-refractivity contribution >= 4 is 23.5 Å². The fourth-order valence-electron chi connectivity index (χ4n) is 3.48. The Hall–Kier alpha value is -3.55. The Balaban J connectivity index is 1.98. The average molecular weight is 426 g/mol. The summed E-state index contributed by atoms with van der Waals surface area (Å²) in [7, 11) is 2.97. The van der Waals surface area contributed by atoms with Gasteiger partial charge in [0, 0.05) is 18.7 Å². The number of carbonyl (C=O) groups is 3. The summed E-state index contributed by atoms with van der Waals surface area (Å²) in [5, 5.41) is 0. The van der Waals surface area contributed by atoms with Gasteiger partial charge in [0.1, 0.15) is 6.67 Å². The highest BCUT2D eigenvalue weighted by Gasteiger charge is 2.28. The van der Waals surface area contributed by atoms with E-state index < -0.39 is 5.97 Å². The zero-order valence-electron chi connectivity index (χ0n) is 17.9. The van der Waals surface area contributed by atoms with Gasteiger partial charge in [-0.3, -0.25) is 14.5 Å². The minimum absolute atomic E-state index is 0.00134. The standard InChI is InChI=1S/C23H26N2O6/c1-4-31-23(28)16-10-12-17(13-11-16)25(15-24-14-6-9-20(24)26)22(27)18-7-5-8-19(29-2)21(18)30-3/h5,7-8,10-13H,4,6,9,14-15H2,1-3H3. The summed E-state index contributed by atoms with van der Waals surface area (Å²) in [4.78, 5) is 40.9. The number of carbonyl (C=O) groups excluding carboxylic acids is 3. The first-order valence-electron chi connectivity index (χ1n) is 10.1. The number of amides is 2. The van der Waals surface area contributed by atoms with E-state index in [1.165, 1.54) is 19.1 Å². The Morgan fingerprint density at radius 2 is 1.81 bits per heavy atom. The van der Waals surface area contributed by atoms with Crippen LogP contribution >= 0.6 is 0 Å². The second kappa shape index (κ2) is 9.97. The molecule has 8 nitrogen and oxygen atoms in total. The smallest absolute Gasteiger partial charge is 0.338 e. The summed E-state index contributed by atoms with van der Waals surface area (Å²) < 4.78 is 15.8. The molecule has 0 radical (unpaired) electrons. The van der Waals surface area contributed by atoms with E-state index in [9.17, 15) is 14.4 Å². The van der Waals surface area contributed by atoms with Gasteiger partial charge < -0.3 is 19.1 Å².